The molecule has 2 aliphatic rings. The number of rotatable bonds is 6. The standard InChI is InChI=1S/C19H26N4O4S/c1-2-18(24)20-16-3-5-17(6-4-16)28(26)23-9-7-21(8-10-23)15-19(25)22-11-13-27-14-12-22/h2-6H,1,7-15H2,(H,20,24). The molecule has 0 saturated carbocycles. The molecule has 2 heterocycles. The maximum absolute atomic E-state index is 12.8. The second-order valence-corrected chi connectivity index (χ2v) is 8.15. The molecule has 9 heteroatoms. The van der Waals surface area contributed by atoms with Gasteiger partial charge in [-0.25, -0.2) is 8.51 Å². The third kappa shape index (κ3) is 5.48. The van der Waals surface area contributed by atoms with Crippen LogP contribution < -0.4 is 5.32 Å². The number of morpholine rings is 1. The first-order valence-corrected chi connectivity index (χ1v) is 10.5. The van der Waals surface area contributed by atoms with Crippen molar-refractivity contribution in [2.24, 2.45) is 0 Å². The van der Waals surface area contributed by atoms with E-state index in [9.17, 15) is 13.8 Å². The average molecular weight is 407 g/mol. The topological polar surface area (TPSA) is 82.2 Å². The molecule has 0 bridgehead atoms. The summed E-state index contributed by atoms with van der Waals surface area (Å²) in [4.78, 5) is 28.3. The van der Waals surface area contributed by atoms with E-state index in [0.29, 0.717) is 69.6 Å². The minimum Gasteiger partial charge on any atom is -0.378 e. The Morgan fingerprint density at radius 2 is 1.71 bits per heavy atom. The summed E-state index contributed by atoms with van der Waals surface area (Å²) in [7, 11) is -1.26. The van der Waals surface area contributed by atoms with E-state index in [4.69, 9.17) is 4.74 Å². The fourth-order valence-corrected chi connectivity index (χ4v) is 4.32. The molecule has 1 atom stereocenters. The number of nitrogens with zero attached hydrogens (tertiary/aromatic N) is 3. The lowest BCUT2D eigenvalue weighted by atomic mass is 10.3. The molecule has 1 unspecified atom stereocenters. The maximum Gasteiger partial charge on any atom is 0.247 e. The van der Waals surface area contributed by atoms with Crippen LogP contribution in [0.1, 0.15) is 0 Å². The zero-order chi connectivity index (χ0) is 19.9. The Balaban J connectivity index is 1.47. The molecule has 2 fully saturated rings. The van der Waals surface area contributed by atoms with Gasteiger partial charge in [0.25, 0.3) is 0 Å². The molecule has 2 saturated heterocycles. The van der Waals surface area contributed by atoms with Crippen LogP contribution >= 0.6 is 0 Å². The minimum absolute atomic E-state index is 0.134. The predicted octanol–water partition coefficient (Wildman–Crippen LogP) is 0.310. The van der Waals surface area contributed by atoms with Crippen molar-refractivity contribution in [1.29, 1.82) is 0 Å². The van der Waals surface area contributed by atoms with Crippen molar-refractivity contribution in [3.63, 3.8) is 0 Å². The molecule has 2 aliphatic heterocycles. The van der Waals surface area contributed by atoms with Crippen LogP contribution in [0.5, 0.6) is 0 Å². The largest absolute Gasteiger partial charge is 0.378 e. The average Bonchev–Trinajstić information content (AvgIpc) is 2.75. The number of hydrogen-bond donors (Lipinski definition) is 1. The van der Waals surface area contributed by atoms with Crippen LogP contribution in [0.2, 0.25) is 0 Å². The minimum atomic E-state index is -1.26. The van der Waals surface area contributed by atoms with Crippen LogP contribution in [-0.4, -0.2) is 89.2 Å². The Morgan fingerprint density at radius 3 is 2.32 bits per heavy atom. The van der Waals surface area contributed by atoms with Gasteiger partial charge in [0.05, 0.1) is 24.7 Å². The van der Waals surface area contributed by atoms with Gasteiger partial charge in [-0.1, -0.05) is 6.58 Å². The van der Waals surface area contributed by atoms with Crippen LogP contribution in [0.3, 0.4) is 0 Å². The SMILES string of the molecule is C=CC(=O)Nc1ccc(S(=O)N2CCN(CC(=O)N3CCOCC3)CC2)cc1. The van der Waals surface area contributed by atoms with Crippen LogP contribution in [0.25, 0.3) is 0 Å². The van der Waals surface area contributed by atoms with Crippen molar-refractivity contribution in [3.8, 4) is 0 Å². The van der Waals surface area contributed by atoms with Crippen molar-refractivity contribution in [1.82, 2.24) is 14.1 Å². The highest BCUT2D eigenvalue weighted by Gasteiger charge is 2.25. The third-order valence-corrected chi connectivity index (χ3v) is 6.31. The molecule has 1 aromatic carbocycles. The third-order valence-electron chi connectivity index (χ3n) is 4.80. The van der Waals surface area contributed by atoms with E-state index < -0.39 is 11.0 Å². The molecule has 0 aromatic heterocycles. The number of hydrogen-bond acceptors (Lipinski definition) is 5. The van der Waals surface area contributed by atoms with E-state index >= 15 is 0 Å². The Labute approximate surface area is 167 Å². The van der Waals surface area contributed by atoms with Gasteiger partial charge in [0, 0.05) is 45.0 Å². The summed E-state index contributed by atoms with van der Waals surface area (Å²) in [5.74, 6) is -0.147. The van der Waals surface area contributed by atoms with Gasteiger partial charge in [-0.3, -0.25) is 14.5 Å². The molecule has 0 spiro atoms. The number of benzene rings is 1. The van der Waals surface area contributed by atoms with Gasteiger partial charge < -0.3 is 15.0 Å². The summed E-state index contributed by atoms with van der Waals surface area (Å²) in [5.41, 5.74) is 0.636. The summed E-state index contributed by atoms with van der Waals surface area (Å²) in [6.07, 6.45) is 1.20. The Hall–Kier alpha value is -2.07. The normalized spacial score (nSPS) is 19.8. The summed E-state index contributed by atoms with van der Waals surface area (Å²) < 4.78 is 20.0. The highest BCUT2D eigenvalue weighted by molar-refractivity contribution is 7.82. The number of piperazine rings is 1. The lowest BCUT2D eigenvalue weighted by Crippen LogP contribution is -2.51. The van der Waals surface area contributed by atoms with Crippen LogP contribution in [0.4, 0.5) is 5.69 Å². The monoisotopic (exact) mass is 406 g/mol. The molecule has 1 aromatic rings. The van der Waals surface area contributed by atoms with Gasteiger partial charge >= 0.3 is 0 Å². The molecule has 0 aliphatic carbocycles. The van der Waals surface area contributed by atoms with Gasteiger partial charge in [-0.15, -0.1) is 0 Å². The molecule has 2 amide bonds. The molecular weight excluding hydrogens is 380 g/mol. The number of nitrogens with one attached hydrogen (secondary N) is 1. The van der Waals surface area contributed by atoms with Crippen molar-refractivity contribution < 1.29 is 18.5 Å². The quantitative estimate of drug-likeness (QED) is 0.688. The van der Waals surface area contributed by atoms with Crippen LogP contribution in [0, 0.1) is 0 Å². The molecule has 28 heavy (non-hydrogen) atoms. The highest BCUT2D eigenvalue weighted by atomic mass is 32.2. The molecule has 8 nitrogen and oxygen atoms in total. The summed E-state index contributed by atoms with van der Waals surface area (Å²) in [6.45, 7) is 9.02. The van der Waals surface area contributed by atoms with E-state index in [1.165, 1.54) is 6.08 Å². The van der Waals surface area contributed by atoms with E-state index in [-0.39, 0.29) is 11.8 Å². The zero-order valence-corrected chi connectivity index (χ0v) is 16.7. The number of anilines is 1. The van der Waals surface area contributed by atoms with Crippen molar-refractivity contribution in [2.75, 3.05) is 64.3 Å². The summed E-state index contributed by atoms with van der Waals surface area (Å²) in [6, 6.07) is 6.96. The maximum atomic E-state index is 12.8. The predicted molar refractivity (Wildman–Crippen MR) is 107 cm³/mol. The lowest BCUT2D eigenvalue weighted by molar-refractivity contribution is -0.136. The molecule has 3 rings (SSSR count). The Bertz CT molecular complexity index is 726. The fraction of sp³-hybridized carbons (Fsp3) is 0.474. The molecule has 1 N–H and O–H groups in total. The van der Waals surface area contributed by atoms with Crippen molar-refractivity contribution in [2.45, 2.75) is 4.90 Å². The van der Waals surface area contributed by atoms with Crippen LogP contribution in [0.15, 0.2) is 41.8 Å². The number of carbonyl (C=O) groups is 2. The highest BCUT2D eigenvalue weighted by Crippen LogP contribution is 2.17. The molecule has 0 radical (unpaired) electrons. The Morgan fingerprint density at radius 1 is 1.07 bits per heavy atom. The van der Waals surface area contributed by atoms with Crippen LogP contribution in [-0.2, 0) is 25.3 Å². The lowest BCUT2D eigenvalue weighted by Gasteiger charge is -2.35. The van der Waals surface area contributed by atoms with Gasteiger partial charge in [-0.2, -0.15) is 0 Å². The van der Waals surface area contributed by atoms with Gasteiger partial charge in [0.2, 0.25) is 11.8 Å². The second-order valence-electron chi connectivity index (χ2n) is 6.67. The first-order valence-electron chi connectivity index (χ1n) is 9.35. The molecule has 152 valence electrons. The zero-order valence-electron chi connectivity index (χ0n) is 15.8. The fourth-order valence-electron chi connectivity index (χ4n) is 3.15. The summed E-state index contributed by atoms with van der Waals surface area (Å²) in [5, 5.41) is 2.67. The molecular formula is C19H26N4O4S. The second kappa shape index (κ2) is 9.92. The Kier molecular flexibility index (Phi) is 7.32. The van der Waals surface area contributed by atoms with E-state index in [1.54, 1.807) is 24.3 Å². The first kappa shape index (κ1) is 20.7. The van der Waals surface area contributed by atoms with Crippen molar-refractivity contribution in [3.05, 3.63) is 36.9 Å². The number of amides is 2. The van der Waals surface area contributed by atoms with Gasteiger partial charge in [0.1, 0.15) is 11.0 Å². The number of carbonyl (C=O) groups excluding carboxylic acids is 2. The van der Waals surface area contributed by atoms with E-state index in [2.05, 4.69) is 16.8 Å². The van der Waals surface area contributed by atoms with Gasteiger partial charge in [0.15, 0.2) is 0 Å². The van der Waals surface area contributed by atoms with E-state index in [0.717, 1.165) is 0 Å². The van der Waals surface area contributed by atoms with Gasteiger partial charge in [-0.05, 0) is 30.3 Å². The van der Waals surface area contributed by atoms with Crippen molar-refractivity contribution >= 4 is 28.5 Å². The first-order chi connectivity index (χ1) is 13.6. The van der Waals surface area contributed by atoms with E-state index in [1.807, 2.05) is 9.21 Å². The smallest absolute Gasteiger partial charge is 0.247 e. The summed E-state index contributed by atoms with van der Waals surface area (Å²) >= 11 is 0. The number of ether oxygens (including phenoxy) is 1.